The third-order valence-electron chi connectivity index (χ3n) is 6.59. The van der Waals surface area contributed by atoms with Gasteiger partial charge in [-0.2, -0.15) is 0 Å². The lowest BCUT2D eigenvalue weighted by Crippen LogP contribution is -2.39. The molecule has 0 aromatic heterocycles. The number of amidine groups is 1. The second kappa shape index (κ2) is 9.30. The molecule has 0 saturated carbocycles. The molecule has 3 rings (SSSR count). The number of hydrogen-bond donors (Lipinski definition) is 3. The maximum atomic E-state index is 13.4. The zero-order valence-corrected chi connectivity index (χ0v) is 20.8. The second-order valence-corrected chi connectivity index (χ2v) is 11.3. The van der Waals surface area contributed by atoms with Crippen molar-refractivity contribution in [2.24, 2.45) is 5.92 Å². The van der Waals surface area contributed by atoms with Gasteiger partial charge in [0.05, 0.1) is 19.2 Å². The number of rotatable bonds is 6. The number of nitrogens with one attached hydrogen (secondary N) is 1. The topological polar surface area (TPSA) is 84.6 Å². The van der Waals surface area contributed by atoms with Crippen molar-refractivity contribution in [3.05, 3.63) is 64.7 Å². The van der Waals surface area contributed by atoms with E-state index in [1.807, 2.05) is 71.9 Å². The molecule has 1 saturated heterocycles. The summed E-state index contributed by atoms with van der Waals surface area (Å²) in [7, 11) is 0. The molecular weight excluding hydrogens is 412 g/mol. The first-order chi connectivity index (χ1) is 15.3. The minimum atomic E-state index is -0.324. The van der Waals surface area contributed by atoms with Gasteiger partial charge < -0.3 is 15.1 Å². The van der Waals surface area contributed by atoms with Crippen LogP contribution in [-0.2, 0) is 17.3 Å². The average molecular weight is 451 g/mol. The molecular formula is C28H38N2O3. The SMILES string of the molecule is CC(C)(C)c1cc(C(=O)CN2C(=N)[C@@H](Cc3ccccc3)C[C@H]2CO)cc(C(C)(C)C)c1O. The molecule has 5 nitrogen and oxygen atoms in total. The zero-order chi connectivity index (χ0) is 24.6. The van der Waals surface area contributed by atoms with Gasteiger partial charge in [0.15, 0.2) is 5.78 Å². The fraction of sp³-hybridized carbons (Fsp3) is 0.500. The summed E-state index contributed by atoms with van der Waals surface area (Å²) in [5.74, 6) is 0.538. The number of benzene rings is 2. The van der Waals surface area contributed by atoms with Crippen LogP contribution in [0, 0.1) is 11.3 Å². The lowest BCUT2D eigenvalue weighted by atomic mass is 9.78. The third kappa shape index (κ3) is 5.47. The summed E-state index contributed by atoms with van der Waals surface area (Å²) in [4.78, 5) is 15.2. The number of phenols is 1. The summed E-state index contributed by atoms with van der Waals surface area (Å²) < 4.78 is 0. The minimum absolute atomic E-state index is 0.0209. The predicted octanol–water partition coefficient (Wildman–Crippen LogP) is 5.07. The molecule has 1 fully saturated rings. The number of Topliss-reactive ketones (excluding diaryl/α,β-unsaturated/α-hetero) is 1. The minimum Gasteiger partial charge on any atom is -0.507 e. The Balaban J connectivity index is 1.88. The largest absolute Gasteiger partial charge is 0.507 e. The Morgan fingerprint density at radius 2 is 1.58 bits per heavy atom. The predicted molar refractivity (Wildman–Crippen MR) is 133 cm³/mol. The molecule has 0 amide bonds. The van der Waals surface area contributed by atoms with E-state index in [2.05, 4.69) is 0 Å². The number of carbonyl (C=O) groups is 1. The van der Waals surface area contributed by atoms with Crippen LogP contribution in [-0.4, -0.2) is 45.9 Å². The molecule has 1 aliphatic rings. The molecule has 5 heteroatoms. The second-order valence-electron chi connectivity index (χ2n) is 11.3. The summed E-state index contributed by atoms with van der Waals surface area (Å²) >= 11 is 0. The highest BCUT2D eigenvalue weighted by Crippen LogP contribution is 2.40. The van der Waals surface area contributed by atoms with Crippen LogP contribution in [0.4, 0.5) is 0 Å². The van der Waals surface area contributed by atoms with E-state index in [1.54, 1.807) is 17.0 Å². The van der Waals surface area contributed by atoms with Crippen LogP contribution >= 0.6 is 0 Å². The molecule has 178 valence electrons. The van der Waals surface area contributed by atoms with Crippen LogP contribution in [0.15, 0.2) is 42.5 Å². The van der Waals surface area contributed by atoms with E-state index in [0.29, 0.717) is 17.8 Å². The molecule has 0 spiro atoms. The number of hydrogen-bond acceptors (Lipinski definition) is 4. The quantitative estimate of drug-likeness (QED) is 0.536. The van der Waals surface area contributed by atoms with Gasteiger partial charge in [-0.25, -0.2) is 0 Å². The molecule has 0 unspecified atom stereocenters. The van der Waals surface area contributed by atoms with Crippen molar-refractivity contribution in [2.75, 3.05) is 13.2 Å². The molecule has 1 heterocycles. The fourth-order valence-electron chi connectivity index (χ4n) is 4.65. The summed E-state index contributed by atoms with van der Waals surface area (Å²) in [6.45, 7) is 12.1. The Kier molecular flexibility index (Phi) is 7.04. The summed E-state index contributed by atoms with van der Waals surface area (Å²) in [6, 6.07) is 13.4. The fourth-order valence-corrected chi connectivity index (χ4v) is 4.65. The van der Waals surface area contributed by atoms with E-state index in [0.717, 1.165) is 23.1 Å². The molecule has 0 aliphatic carbocycles. The number of ketones is 1. The first-order valence-electron chi connectivity index (χ1n) is 11.7. The van der Waals surface area contributed by atoms with Crippen molar-refractivity contribution in [1.29, 1.82) is 5.41 Å². The molecule has 33 heavy (non-hydrogen) atoms. The van der Waals surface area contributed by atoms with E-state index < -0.39 is 0 Å². The van der Waals surface area contributed by atoms with Gasteiger partial charge in [-0.3, -0.25) is 10.2 Å². The molecule has 1 aliphatic heterocycles. The number of aromatic hydroxyl groups is 1. The summed E-state index contributed by atoms with van der Waals surface area (Å²) in [6.07, 6.45) is 1.38. The van der Waals surface area contributed by atoms with Crippen LogP contribution in [0.3, 0.4) is 0 Å². The van der Waals surface area contributed by atoms with Crippen LogP contribution in [0.5, 0.6) is 5.75 Å². The monoisotopic (exact) mass is 450 g/mol. The Labute approximate surface area is 198 Å². The van der Waals surface area contributed by atoms with Crippen LogP contribution in [0.25, 0.3) is 0 Å². The first kappa shape index (κ1) is 25.0. The van der Waals surface area contributed by atoms with Crippen molar-refractivity contribution in [3.8, 4) is 5.75 Å². The number of nitrogens with zero attached hydrogens (tertiary/aromatic N) is 1. The third-order valence-corrected chi connectivity index (χ3v) is 6.59. The van der Waals surface area contributed by atoms with Gasteiger partial charge in [0.1, 0.15) is 11.6 Å². The van der Waals surface area contributed by atoms with Crippen molar-refractivity contribution in [3.63, 3.8) is 0 Å². The summed E-state index contributed by atoms with van der Waals surface area (Å²) in [5.41, 5.74) is 2.54. The summed E-state index contributed by atoms with van der Waals surface area (Å²) in [5, 5.41) is 29.7. The van der Waals surface area contributed by atoms with Crippen LogP contribution < -0.4 is 0 Å². The van der Waals surface area contributed by atoms with Crippen molar-refractivity contribution >= 4 is 11.6 Å². The smallest absolute Gasteiger partial charge is 0.182 e. The number of phenolic OH excluding ortho intramolecular Hbond substituents is 1. The molecule has 2 aromatic rings. The Bertz CT molecular complexity index is 981. The number of carbonyl (C=O) groups excluding carboxylic acids is 1. The molecule has 0 radical (unpaired) electrons. The highest BCUT2D eigenvalue weighted by atomic mass is 16.3. The van der Waals surface area contributed by atoms with Crippen molar-refractivity contribution in [1.82, 2.24) is 4.90 Å². The van der Waals surface area contributed by atoms with Gasteiger partial charge in [-0.15, -0.1) is 0 Å². The molecule has 0 bridgehead atoms. The van der Waals surface area contributed by atoms with Crippen LogP contribution in [0.2, 0.25) is 0 Å². The van der Waals surface area contributed by atoms with Gasteiger partial charge in [0.2, 0.25) is 0 Å². The van der Waals surface area contributed by atoms with Gasteiger partial charge in [-0.05, 0) is 41.4 Å². The Hall–Kier alpha value is -2.66. The molecule has 3 N–H and O–H groups in total. The number of likely N-dealkylation sites (tertiary alicyclic amines) is 1. The van der Waals surface area contributed by atoms with Gasteiger partial charge in [0, 0.05) is 22.6 Å². The maximum Gasteiger partial charge on any atom is 0.182 e. The van der Waals surface area contributed by atoms with Crippen LogP contribution in [0.1, 0.15) is 75.0 Å². The zero-order valence-electron chi connectivity index (χ0n) is 20.8. The van der Waals surface area contributed by atoms with E-state index in [9.17, 15) is 15.0 Å². The van der Waals surface area contributed by atoms with Crippen molar-refractivity contribution in [2.45, 2.75) is 71.3 Å². The van der Waals surface area contributed by atoms with E-state index >= 15 is 0 Å². The standard InChI is InChI=1S/C28H38N2O3/c1-27(2,3)22-14-19(15-23(25(22)33)28(4,5)6)24(32)16-30-21(17-31)13-20(26(30)29)12-18-10-8-7-9-11-18/h7-11,14-15,20-21,29,31,33H,12-13,16-17H2,1-6H3/t20-,21-/m0/s1. The lowest BCUT2D eigenvalue weighted by Gasteiger charge is -2.29. The van der Waals surface area contributed by atoms with E-state index in [4.69, 9.17) is 5.41 Å². The lowest BCUT2D eigenvalue weighted by molar-refractivity contribution is 0.0933. The highest BCUT2D eigenvalue weighted by Gasteiger charge is 2.37. The van der Waals surface area contributed by atoms with Gasteiger partial charge in [0.25, 0.3) is 0 Å². The molecule has 2 aromatic carbocycles. The average Bonchev–Trinajstić information content (AvgIpc) is 3.02. The van der Waals surface area contributed by atoms with E-state index in [1.165, 1.54) is 0 Å². The van der Waals surface area contributed by atoms with Crippen molar-refractivity contribution < 1.29 is 15.0 Å². The Morgan fingerprint density at radius 3 is 2.06 bits per heavy atom. The van der Waals surface area contributed by atoms with Gasteiger partial charge in [-0.1, -0.05) is 71.9 Å². The Morgan fingerprint density at radius 1 is 1.03 bits per heavy atom. The normalized spacial score (nSPS) is 19.2. The highest BCUT2D eigenvalue weighted by molar-refractivity contribution is 6.01. The number of aliphatic hydroxyl groups excluding tert-OH is 1. The molecule has 2 atom stereocenters. The maximum absolute atomic E-state index is 13.4. The number of aliphatic hydroxyl groups is 1. The van der Waals surface area contributed by atoms with E-state index in [-0.39, 0.29) is 47.5 Å². The van der Waals surface area contributed by atoms with Gasteiger partial charge >= 0.3 is 0 Å². The first-order valence-corrected chi connectivity index (χ1v) is 11.7.